The molecule has 11 nitrogen and oxygen atoms in total. The predicted molar refractivity (Wildman–Crippen MR) is 166 cm³/mol. The van der Waals surface area contributed by atoms with Gasteiger partial charge in [-0.3, -0.25) is 19.2 Å². The lowest BCUT2D eigenvalue weighted by molar-refractivity contribution is -0.145. The van der Waals surface area contributed by atoms with E-state index in [2.05, 4.69) is 10.6 Å². The molecule has 1 fully saturated rings. The SMILES string of the molecule is Cc1ccc(OCCCC(=O)Nc2ccc(NC(=O)C(C(=O)C(C)(C)C)N3C(=O)OC(C)(C)C3=O)c(OC(C)C)c2)c(C)c1. The predicted octanol–water partition coefficient (Wildman–Crippen LogP) is 5.57. The number of hydrogen-bond acceptors (Lipinski definition) is 8. The van der Waals surface area contributed by atoms with Gasteiger partial charge in [0, 0.05) is 23.6 Å². The first-order valence-electron chi connectivity index (χ1n) is 14.6. The molecule has 238 valence electrons. The number of amides is 4. The molecule has 4 amide bonds. The fourth-order valence-corrected chi connectivity index (χ4v) is 4.53. The lowest BCUT2D eigenvalue weighted by atomic mass is 9.85. The average molecular weight is 610 g/mol. The average Bonchev–Trinajstić information content (AvgIpc) is 3.10. The van der Waals surface area contributed by atoms with Crippen molar-refractivity contribution in [3.8, 4) is 11.5 Å². The molecule has 0 saturated carbocycles. The highest BCUT2D eigenvalue weighted by Crippen LogP contribution is 2.33. The van der Waals surface area contributed by atoms with E-state index in [4.69, 9.17) is 14.2 Å². The van der Waals surface area contributed by atoms with Crippen LogP contribution in [0, 0.1) is 19.3 Å². The number of hydrogen-bond donors (Lipinski definition) is 2. The molecule has 44 heavy (non-hydrogen) atoms. The molecule has 0 spiro atoms. The molecule has 2 aromatic carbocycles. The van der Waals surface area contributed by atoms with E-state index in [9.17, 15) is 24.0 Å². The van der Waals surface area contributed by atoms with Gasteiger partial charge in [0.15, 0.2) is 17.4 Å². The van der Waals surface area contributed by atoms with Gasteiger partial charge in [0.1, 0.15) is 11.5 Å². The number of carbonyl (C=O) groups excluding carboxylic acids is 5. The van der Waals surface area contributed by atoms with Crippen molar-refractivity contribution >= 4 is 41.0 Å². The van der Waals surface area contributed by atoms with Gasteiger partial charge in [0.2, 0.25) is 5.91 Å². The van der Waals surface area contributed by atoms with Gasteiger partial charge in [-0.2, -0.15) is 0 Å². The molecular formula is C33H43N3O8. The zero-order valence-corrected chi connectivity index (χ0v) is 27.0. The Labute approximate surface area is 258 Å². The van der Waals surface area contributed by atoms with Crippen LogP contribution in [0.25, 0.3) is 0 Å². The number of ether oxygens (including phenoxy) is 3. The summed E-state index contributed by atoms with van der Waals surface area (Å²) in [5.41, 5.74) is 0.213. The van der Waals surface area contributed by atoms with E-state index in [0.717, 1.165) is 16.9 Å². The van der Waals surface area contributed by atoms with Crippen LogP contribution in [0.5, 0.6) is 11.5 Å². The molecule has 2 N–H and O–H groups in total. The highest BCUT2D eigenvalue weighted by atomic mass is 16.6. The quantitative estimate of drug-likeness (QED) is 0.235. The first-order valence-corrected chi connectivity index (χ1v) is 14.6. The Morgan fingerprint density at radius 3 is 2.23 bits per heavy atom. The largest absolute Gasteiger partial charge is 0.493 e. The number of Topliss-reactive ketones (excluding diaryl/α,β-unsaturated/α-hetero) is 1. The van der Waals surface area contributed by atoms with E-state index >= 15 is 0 Å². The summed E-state index contributed by atoms with van der Waals surface area (Å²) in [6.45, 7) is 15.5. The van der Waals surface area contributed by atoms with E-state index in [1.54, 1.807) is 46.8 Å². The molecule has 11 heteroatoms. The maximum absolute atomic E-state index is 13.6. The minimum atomic E-state index is -1.77. The fourth-order valence-electron chi connectivity index (χ4n) is 4.53. The van der Waals surface area contributed by atoms with Crippen LogP contribution in [0.4, 0.5) is 16.2 Å². The van der Waals surface area contributed by atoms with E-state index in [1.165, 1.54) is 19.9 Å². The van der Waals surface area contributed by atoms with Crippen molar-refractivity contribution in [2.75, 3.05) is 17.2 Å². The van der Waals surface area contributed by atoms with Crippen molar-refractivity contribution in [1.29, 1.82) is 0 Å². The smallest absolute Gasteiger partial charge is 0.418 e. The molecule has 1 saturated heterocycles. The van der Waals surface area contributed by atoms with Gasteiger partial charge in [-0.1, -0.05) is 38.5 Å². The Hall–Kier alpha value is -4.41. The lowest BCUT2D eigenvalue weighted by Gasteiger charge is -2.28. The first-order chi connectivity index (χ1) is 20.4. The maximum atomic E-state index is 13.6. The summed E-state index contributed by atoms with van der Waals surface area (Å²) in [5, 5.41) is 5.47. The number of benzene rings is 2. The second-order valence-electron chi connectivity index (χ2n) is 12.7. The molecule has 1 unspecified atom stereocenters. The van der Waals surface area contributed by atoms with Gasteiger partial charge in [0.05, 0.1) is 18.4 Å². The summed E-state index contributed by atoms with van der Waals surface area (Å²) < 4.78 is 16.9. The third-order valence-corrected chi connectivity index (χ3v) is 6.79. The van der Waals surface area contributed by atoms with E-state index in [0.29, 0.717) is 23.6 Å². The summed E-state index contributed by atoms with van der Waals surface area (Å²) in [6, 6.07) is 8.80. The highest BCUT2D eigenvalue weighted by molar-refractivity contribution is 6.19. The summed E-state index contributed by atoms with van der Waals surface area (Å²) >= 11 is 0. The number of imide groups is 1. The topological polar surface area (TPSA) is 140 Å². The number of carbonyl (C=O) groups is 5. The lowest BCUT2D eigenvalue weighted by Crippen LogP contribution is -2.55. The molecule has 0 aliphatic carbocycles. The standard InChI is InChI=1S/C33H43N3O8/c1-19(2)43-25-18-22(34-26(37)11-10-16-42-24-15-12-20(3)17-21(24)4)13-14-23(25)35-29(39)27(28(38)32(5,6)7)36-30(40)33(8,9)44-31(36)41/h12-15,17-19,27H,10-11,16H2,1-9H3,(H,34,37)(H,35,39). The number of nitrogens with zero attached hydrogens (tertiary/aromatic N) is 1. The Balaban J connectivity index is 1.74. The maximum Gasteiger partial charge on any atom is 0.418 e. The zero-order chi connectivity index (χ0) is 33.0. The van der Waals surface area contributed by atoms with Crippen LogP contribution in [0.1, 0.15) is 72.4 Å². The van der Waals surface area contributed by atoms with Gasteiger partial charge in [-0.25, -0.2) is 9.69 Å². The van der Waals surface area contributed by atoms with E-state index < -0.39 is 40.7 Å². The summed E-state index contributed by atoms with van der Waals surface area (Å²) in [5.74, 6) is -1.56. The molecule has 0 radical (unpaired) electrons. The number of ketones is 1. The Bertz CT molecular complexity index is 1440. The highest BCUT2D eigenvalue weighted by Gasteiger charge is 2.55. The number of cyclic esters (lactones) is 1. The minimum absolute atomic E-state index is 0.189. The van der Waals surface area contributed by atoms with Gasteiger partial charge in [-0.05, 0) is 71.7 Å². The van der Waals surface area contributed by atoms with Gasteiger partial charge >= 0.3 is 6.09 Å². The van der Waals surface area contributed by atoms with Crippen LogP contribution in [-0.4, -0.2) is 58.9 Å². The fraction of sp³-hybridized carbons (Fsp3) is 0.485. The van der Waals surface area contributed by atoms with Crippen molar-refractivity contribution in [3.63, 3.8) is 0 Å². The van der Waals surface area contributed by atoms with Crippen LogP contribution >= 0.6 is 0 Å². The Morgan fingerprint density at radius 1 is 0.977 bits per heavy atom. The molecule has 1 heterocycles. The Kier molecular flexibility index (Phi) is 10.4. The van der Waals surface area contributed by atoms with Crippen LogP contribution in [0.2, 0.25) is 0 Å². The van der Waals surface area contributed by atoms with Crippen LogP contribution in [0.15, 0.2) is 36.4 Å². The van der Waals surface area contributed by atoms with Gasteiger partial charge < -0.3 is 24.8 Å². The Morgan fingerprint density at radius 2 is 1.66 bits per heavy atom. The number of anilines is 2. The minimum Gasteiger partial charge on any atom is -0.493 e. The molecule has 1 atom stereocenters. The summed E-state index contributed by atoms with van der Waals surface area (Å²) in [4.78, 5) is 65.9. The number of aryl methyl sites for hydroxylation is 2. The van der Waals surface area contributed by atoms with Crippen molar-refractivity contribution in [1.82, 2.24) is 4.90 Å². The zero-order valence-electron chi connectivity index (χ0n) is 27.0. The monoisotopic (exact) mass is 609 g/mol. The van der Waals surface area contributed by atoms with Crippen LogP contribution in [0.3, 0.4) is 0 Å². The van der Waals surface area contributed by atoms with Gasteiger partial charge in [-0.15, -0.1) is 0 Å². The van der Waals surface area contributed by atoms with E-state index in [1.807, 2.05) is 32.0 Å². The normalized spacial score (nSPS) is 15.1. The molecule has 1 aliphatic rings. The summed E-state index contributed by atoms with van der Waals surface area (Å²) in [6.07, 6.45) is -0.660. The van der Waals surface area contributed by atoms with Crippen molar-refractivity contribution in [2.24, 2.45) is 5.41 Å². The number of rotatable bonds is 12. The number of nitrogens with one attached hydrogen (secondary N) is 2. The van der Waals surface area contributed by atoms with Crippen LogP contribution in [-0.2, 0) is 23.9 Å². The van der Waals surface area contributed by atoms with Crippen molar-refractivity contribution < 1.29 is 38.2 Å². The van der Waals surface area contributed by atoms with Crippen molar-refractivity contribution in [3.05, 3.63) is 47.5 Å². The van der Waals surface area contributed by atoms with Crippen LogP contribution < -0.4 is 20.1 Å². The molecule has 0 aromatic heterocycles. The molecule has 0 bridgehead atoms. The third kappa shape index (κ3) is 8.36. The van der Waals surface area contributed by atoms with Gasteiger partial charge in [0.25, 0.3) is 11.8 Å². The third-order valence-electron chi connectivity index (χ3n) is 6.79. The summed E-state index contributed by atoms with van der Waals surface area (Å²) in [7, 11) is 0. The first kappa shape index (κ1) is 34.1. The molecule has 1 aliphatic heterocycles. The second-order valence-corrected chi connectivity index (χ2v) is 12.7. The second kappa shape index (κ2) is 13.5. The molecule has 2 aromatic rings. The molecular weight excluding hydrogens is 566 g/mol. The van der Waals surface area contributed by atoms with Crippen molar-refractivity contribution in [2.45, 2.75) is 92.9 Å². The molecule has 3 rings (SSSR count). The van der Waals surface area contributed by atoms with E-state index in [-0.39, 0.29) is 29.9 Å².